The number of piperazine rings is 1. The van der Waals surface area contributed by atoms with Crippen molar-refractivity contribution < 1.29 is 14.3 Å². The summed E-state index contributed by atoms with van der Waals surface area (Å²) in [5, 5.41) is 0. The number of anilines is 1. The summed E-state index contributed by atoms with van der Waals surface area (Å²) < 4.78 is 5.05. The van der Waals surface area contributed by atoms with Gasteiger partial charge in [0.05, 0.1) is 12.6 Å². The van der Waals surface area contributed by atoms with Crippen molar-refractivity contribution in [2.45, 2.75) is 32.7 Å². The zero-order chi connectivity index (χ0) is 17.8. The van der Waals surface area contributed by atoms with Gasteiger partial charge in [-0.25, -0.2) is 4.79 Å². The Kier molecular flexibility index (Phi) is 5.58. The number of benzene rings is 1. The number of fused-ring (bicyclic) bond motifs is 1. The van der Waals surface area contributed by atoms with E-state index >= 15 is 0 Å². The van der Waals surface area contributed by atoms with E-state index in [0.717, 1.165) is 25.1 Å². The Morgan fingerprint density at radius 3 is 2.56 bits per heavy atom. The van der Waals surface area contributed by atoms with Crippen LogP contribution in [0.2, 0.25) is 0 Å². The van der Waals surface area contributed by atoms with Crippen molar-refractivity contribution in [3.63, 3.8) is 0 Å². The van der Waals surface area contributed by atoms with Gasteiger partial charge >= 0.3 is 6.09 Å². The van der Waals surface area contributed by atoms with Gasteiger partial charge in [0.25, 0.3) is 0 Å². The molecule has 136 valence electrons. The monoisotopic (exact) mass is 345 g/mol. The second-order valence-corrected chi connectivity index (χ2v) is 6.62. The minimum Gasteiger partial charge on any atom is -0.450 e. The van der Waals surface area contributed by atoms with E-state index in [1.165, 1.54) is 5.56 Å². The molecule has 0 N–H and O–H groups in total. The first kappa shape index (κ1) is 17.7. The summed E-state index contributed by atoms with van der Waals surface area (Å²) in [6.45, 7) is 7.55. The lowest BCUT2D eigenvalue weighted by Crippen LogP contribution is -2.56. The summed E-state index contributed by atoms with van der Waals surface area (Å²) in [5.41, 5.74) is 2.30. The van der Waals surface area contributed by atoms with Crippen molar-refractivity contribution in [2.24, 2.45) is 0 Å². The highest BCUT2D eigenvalue weighted by molar-refractivity contribution is 5.98. The number of rotatable bonds is 3. The second kappa shape index (κ2) is 7.87. The van der Waals surface area contributed by atoms with Crippen LogP contribution in [0.4, 0.5) is 10.5 Å². The predicted octanol–water partition coefficient (Wildman–Crippen LogP) is 2.13. The Morgan fingerprint density at radius 2 is 1.84 bits per heavy atom. The normalized spacial score (nSPS) is 19.3. The number of nitrogens with zero attached hydrogens (tertiary/aromatic N) is 3. The molecular weight excluding hydrogens is 318 g/mol. The van der Waals surface area contributed by atoms with E-state index in [9.17, 15) is 9.59 Å². The van der Waals surface area contributed by atoms with Gasteiger partial charge in [0.15, 0.2) is 0 Å². The lowest BCUT2D eigenvalue weighted by atomic mass is 10.0. The Bertz CT molecular complexity index is 626. The lowest BCUT2D eigenvalue weighted by Gasteiger charge is -2.39. The molecule has 2 aliphatic heterocycles. The topological polar surface area (TPSA) is 53.1 Å². The van der Waals surface area contributed by atoms with E-state index in [2.05, 4.69) is 11.0 Å². The Balaban J connectivity index is 1.62. The summed E-state index contributed by atoms with van der Waals surface area (Å²) in [6.07, 6.45) is 1.78. The van der Waals surface area contributed by atoms with Crippen LogP contribution in [0.25, 0.3) is 0 Å². The fourth-order valence-electron chi connectivity index (χ4n) is 3.65. The molecule has 1 aromatic carbocycles. The maximum atomic E-state index is 13.1. The Morgan fingerprint density at radius 1 is 1.12 bits per heavy atom. The summed E-state index contributed by atoms with van der Waals surface area (Å²) in [4.78, 5) is 30.7. The molecule has 2 heterocycles. The zero-order valence-electron chi connectivity index (χ0n) is 15.1. The van der Waals surface area contributed by atoms with Crippen LogP contribution in [-0.4, -0.2) is 67.2 Å². The van der Waals surface area contributed by atoms with E-state index in [-0.39, 0.29) is 18.0 Å². The average molecular weight is 345 g/mol. The van der Waals surface area contributed by atoms with E-state index in [1.54, 1.807) is 4.90 Å². The van der Waals surface area contributed by atoms with Crippen LogP contribution < -0.4 is 4.90 Å². The van der Waals surface area contributed by atoms with E-state index in [0.29, 0.717) is 32.8 Å². The van der Waals surface area contributed by atoms with Crippen molar-refractivity contribution in [3.05, 3.63) is 29.8 Å². The van der Waals surface area contributed by atoms with Gasteiger partial charge in [0.1, 0.15) is 0 Å². The minimum absolute atomic E-state index is 0.150. The van der Waals surface area contributed by atoms with Gasteiger partial charge in [0, 0.05) is 38.4 Å². The number of ether oxygens (including phenoxy) is 1. The van der Waals surface area contributed by atoms with Gasteiger partial charge in [-0.3, -0.25) is 9.69 Å². The molecule has 25 heavy (non-hydrogen) atoms. The zero-order valence-corrected chi connectivity index (χ0v) is 15.1. The third kappa shape index (κ3) is 3.79. The van der Waals surface area contributed by atoms with E-state index < -0.39 is 0 Å². The fourth-order valence-corrected chi connectivity index (χ4v) is 3.65. The highest BCUT2D eigenvalue weighted by Gasteiger charge is 2.32. The van der Waals surface area contributed by atoms with Gasteiger partial charge in [-0.1, -0.05) is 18.2 Å². The molecule has 6 heteroatoms. The molecule has 1 unspecified atom stereocenters. The van der Waals surface area contributed by atoms with Crippen LogP contribution >= 0.6 is 0 Å². The molecule has 0 spiro atoms. The number of amides is 2. The highest BCUT2D eigenvalue weighted by atomic mass is 16.6. The van der Waals surface area contributed by atoms with Crippen molar-refractivity contribution in [3.8, 4) is 0 Å². The molecule has 6 nitrogen and oxygen atoms in total. The fraction of sp³-hybridized carbons (Fsp3) is 0.579. The summed E-state index contributed by atoms with van der Waals surface area (Å²) in [6, 6.07) is 7.99. The molecule has 0 bridgehead atoms. The molecule has 2 amide bonds. The number of hydrogen-bond donors (Lipinski definition) is 0. The molecule has 2 aliphatic rings. The molecule has 1 saturated heterocycles. The predicted molar refractivity (Wildman–Crippen MR) is 96.7 cm³/mol. The number of hydrogen-bond acceptors (Lipinski definition) is 4. The van der Waals surface area contributed by atoms with Crippen LogP contribution in [0, 0.1) is 0 Å². The second-order valence-electron chi connectivity index (χ2n) is 6.62. The molecular formula is C19H27N3O3. The van der Waals surface area contributed by atoms with Crippen LogP contribution in [0.15, 0.2) is 24.3 Å². The molecule has 0 aromatic heterocycles. The highest BCUT2D eigenvalue weighted by Crippen LogP contribution is 2.27. The van der Waals surface area contributed by atoms with Crippen molar-refractivity contribution in [1.29, 1.82) is 0 Å². The minimum atomic E-state index is -0.258. The molecule has 0 radical (unpaired) electrons. The number of para-hydroxylation sites is 1. The number of carbonyl (C=O) groups excluding carboxylic acids is 2. The van der Waals surface area contributed by atoms with Gasteiger partial charge < -0.3 is 14.5 Å². The third-order valence-corrected chi connectivity index (χ3v) is 5.12. The van der Waals surface area contributed by atoms with Crippen LogP contribution in [-0.2, 0) is 16.0 Å². The Hall–Kier alpha value is -2.08. The largest absolute Gasteiger partial charge is 0.450 e. The Labute approximate surface area is 149 Å². The van der Waals surface area contributed by atoms with Gasteiger partial charge in [-0.2, -0.15) is 0 Å². The maximum Gasteiger partial charge on any atom is 0.409 e. The average Bonchev–Trinajstić information content (AvgIpc) is 2.66. The summed E-state index contributed by atoms with van der Waals surface area (Å²) in [7, 11) is 0. The van der Waals surface area contributed by atoms with Crippen LogP contribution in [0.3, 0.4) is 0 Å². The van der Waals surface area contributed by atoms with Crippen molar-refractivity contribution in [2.75, 3.05) is 44.2 Å². The van der Waals surface area contributed by atoms with Crippen LogP contribution in [0.1, 0.15) is 25.8 Å². The smallest absolute Gasteiger partial charge is 0.409 e. The molecule has 1 atom stereocenters. The third-order valence-electron chi connectivity index (χ3n) is 5.12. The molecule has 1 aromatic rings. The van der Waals surface area contributed by atoms with E-state index in [4.69, 9.17) is 4.74 Å². The summed E-state index contributed by atoms with van der Waals surface area (Å²) >= 11 is 0. The first-order chi connectivity index (χ1) is 12.1. The van der Waals surface area contributed by atoms with E-state index in [1.807, 2.05) is 36.9 Å². The van der Waals surface area contributed by atoms with Crippen molar-refractivity contribution >= 4 is 17.7 Å². The quantitative estimate of drug-likeness (QED) is 0.842. The molecule has 1 fully saturated rings. The first-order valence-corrected chi connectivity index (χ1v) is 9.17. The maximum absolute atomic E-state index is 13.1. The van der Waals surface area contributed by atoms with Crippen molar-refractivity contribution in [1.82, 2.24) is 9.80 Å². The van der Waals surface area contributed by atoms with Gasteiger partial charge in [-0.15, -0.1) is 0 Å². The summed E-state index contributed by atoms with van der Waals surface area (Å²) in [5.74, 6) is 0.150. The standard InChI is InChI=1S/C19H27N3O3/c1-3-25-19(24)21-13-11-20(12-14-21)15(2)18(23)22-10-6-8-16-7-4-5-9-17(16)22/h4-5,7,9,15H,3,6,8,10-14H2,1-2H3. The number of aryl methyl sites for hydroxylation is 1. The van der Waals surface area contributed by atoms with Crippen LogP contribution in [0.5, 0.6) is 0 Å². The lowest BCUT2D eigenvalue weighted by molar-refractivity contribution is -0.123. The van der Waals surface area contributed by atoms with Gasteiger partial charge in [0.2, 0.25) is 5.91 Å². The number of carbonyl (C=O) groups is 2. The molecule has 0 saturated carbocycles. The molecule has 0 aliphatic carbocycles. The molecule has 3 rings (SSSR count). The first-order valence-electron chi connectivity index (χ1n) is 9.17. The van der Waals surface area contributed by atoms with Gasteiger partial charge in [-0.05, 0) is 38.3 Å². The SMILES string of the molecule is CCOC(=O)N1CCN(C(C)C(=O)N2CCCc3ccccc32)CC1.